The molecule has 0 aromatic heterocycles. The third-order valence-corrected chi connectivity index (χ3v) is 5.40. The van der Waals surface area contributed by atoms with Crippen LogP contribution in [0.15, 0.2) is 36.4 Å². The number of hydrogen-bond donors (Lipinski definition) is 1. The molecule has 0 saturated heterocycles. The van der Waals surface area contributed by atoms with E-state index < -0.39 is 46.6 Å². The molecule has 26 heavy (non-hydrogen) atoms. The molecule has 0 amide bonds. The van der Waals surface area contributed by atoms with Crippen molar-refractivity contribution in [3.63, 3.8) is 0 Å². The lowest BCUT2D eigenvalue weighted by Gasteiger charge is -2.13. The summed E-state index contributed by atoms with van der Waals surface area (Å²) >= 11 is 0. The van der Waals surface area contributed by atoms with Crippen LogP contribution in [0.4, 0.5) is 23.2 Å². The van der Waals surface area contributed by atoms with Gasteiger partial charge in [-0.1, -0.05) is 6.92 Å². The van der Waals surface area contributed by atoms with E-state index >= 15 is 0 Å². The molecule has 2 aromatic rings. The first-order chi connectivity index (χ1) is 12.0. The fraction of sp³-hybridized carbons (Fsp3) is 0.200. The summed E-state index contributed by atoms with van der Waals surface area (Å²) in [5.74, 6) is -2.10. The molecule has 1 N–H and O–H groups in total. The summed E-state index contributed by atoms with van der Waals surface area (Å²) in [5, 5.41) is 10.5. The predicted octanol–water partition coefficient (Wildman–Crippen LogP) is 4.46. The molecule has 140 valence electrons. The zero-order valence-electron chi connectivity index (χ0n) is 13.2. The highest BCUT2D eigenvalue weighted by Gasteiger charge is 2.32. The van der Waals surface area contributed by atoms with Crippen LogP contribution in [0.2, 0.25) is 0 Å². The summed E-state index contributed by atoms with van der Waals surface area (Å²) in [4.78, 5) is 20.0. The molecule has 6 nitrogen and oxygen atoms in total. The van der Waals surface area contributed by atoms with Crippen molar-refractivity contribution in [1.82, 2.24) is 0 Å². The number of rotatable bonds is 5. The van der Waals surface area contributed by atoms with Gasteiger partial charge in [0.2, 0.25) is 7.37 Å². The van der Waals surface area contributed by atoms with Crippen molar-refractivity contribution in [3.05, 3.63) is 57.9 Å². The fourth-order valence-corrected chi connectivity index (χ4v) is 3.24. The summed E-state index contributed by atoms with van der Waals surface area (Å²) < 4.78 is 68.7. The summed E-state index contributed by atoms with van der Waals surface area (Å²) in [6.07, 6.45) is -5.02. The second-order valence-corrected chi connectivity index (χ2v) is 7.69. The van der Waals surface area contributed by atoms with E-state index in [1.165, 1.54) is 6.92 Å². The second-order valence-electron chi connectivity index (χ2n) is 5.17. The Kier molecular flexibility index (Phi) is 5.39. The number of nitrogens with zero attached hydrogens (tertiary/aromatic N) is 1. The third-order valence-electron chi connectivity index (χ3n) is 3.44. The van der Waals surface area contributed by atoms with E-state index in [2.05, 4.69) is 0 Å². The molecule has 0 spiro atoms. The molecule has 0 saturated carbocycles. The standard InChI is InChI=1S/C15H12F4NO5P/c1-2-26(23,24)14-8-10(4-5-12(14)20(21)22)25-13-6-3-9(7-11(13)16)15(17,18)19/h3-8H,2H2,1H3,(H,23,24). The van der Waals surface area contributed by atoms with Crippen molar-refractivity contribution in [2.45, 2.75) is 13.1 Å². The maximum Gasteiger partial charge on any atom is 0.416 e. The van der Waals surface area contributed by atoms with Gasteiger partial charge in [-0.25, -0.2) is 4.39 Å². The van der Waals surface area contributed by atoms with Crippen molar-refractivity contribution >= 4 is 18.4 Å². The molecular formula is C15H12F4NO5P. The van der Waals surface area contributed by atoms with E-state index in [-0.39, 0.29) is 18.0 Å². The van der Waals surface area contributed by atoms with E-state index in [4.69, 9.17) is 4.74 Å². The third kappa shape index (κ3) is 4.20. The molecule has 0 aliphatic carbocycles. The monoisotopic (exact) mass is 393 g/mol. The van der Waals surface area contributed by atoms with Gasteiger partial charge in [0, 0.05) is 18.3 Å². The molecule has 0 bridgehead atoms. The lowest BCUT2D eigenvalue weighted by Crippen LogP contribution is -2.12. The van der Waals surface area contributed by atoms with E-state index in [1.54, 1.807) is 0 Å². The Morgan fingerprint density at radius 3 is 2.38 bits per heavy atom. The van der Waals surface area contributed by atoms with E-state index in [0.717, 1.165) is 24.3 Å². The first-order valence-corrected chi connectivity index (χ1v) is 8.95. The topological polar surface area (TPSA) is 89.7 Å². The van der Waals surface area contributed by atoms with Crippen LogP contribution >= 0.6 is 7.37 Å². The average molecular weight is 393 g/mol. The molecule has 0 fully saturated rings. The molecule has 0 aliphatic rings. The van der Waals surface area contributed by atoms with Crippen LogP contribution in [0.25, 0.3) is 0 Å². The zero-order chi connectivity index (χ0) is 19.7. The maximum atomic E-state index is 13.8. The number of halogens is 4. The van der Waals surface area contributed by atoms with Gasteiger partial charge in [0.15, 0.2) is 11.6 Å². The quantitative estimate of drug-likeness (QED) is 0.351. The van der Waals surface area contributed by atoms with Crippen molar-refractivity contribution in [2.24, 2.45) is 0 Å². The molecule has 1 unspecified atom stereocenters. The Bertz CT molecular complexity index is 900. The predicted molar refractivity (Wildman–Crippen MR) is 84.6 cm³/mol. The minimum Gasteiger partial charge on any atom is -0.454 e. The van der Waals surface area contributed by atoms with Crippen LogP contribution < -0.4 is 10.0 Å². The lowest BCUT2D eigenvalue weighted by molar-refractivity contribution is -0.383. The van der Waals surface area contributed by atoms with Gasteiger partial charge in [-0.05, 0) is 24.3 Å². The van der Waals surface area contributed by atoms with E-state index in [0.29, 0.717) is 6.07 Å². The van der Waals surface area contributed by atoms with Gasteiger partial charge in [0.1, 0.15) is 11.1 Å². The Morgan fingerprint density at radius 2 is 1.88 bits per heavy atom. The second kappa shape index (κ2) is 7.05. The maximum absolute atomic E-state index is 13.8. The fourth-order valence-electron chi connectivity index (χ4n) is 2.06. The number of alkyl halides is 3. The van der Waals surface area contributed by atoms with Crippen molar-refractivity contribution in [2.75, 3.05) is 6.16 Å². The molecule has 1 atom stereocenters. The Hall–Kier alpha value is -2.45. The average Bonchev–Trinajstić information content (AvgIpc) is 2.55. The van der Waals surface area contributed by atoms with Gasteiger partial charge in [-0.15, -0.1) is 0 Å². The van der Waals surface area contributed by atoms with E-state index in [9.17, 15) is 37.1 Å². The van der Waals surface area contributed by atoms with Gasteiger partial charge in [-0.2, -0.15) is 13.2 Å². The number of hydrogen-bond acceptors (Lipinski definition) is 4. The Morgan fingerprint density at radius 1 is 1.23 bits per heavy atom. The molecule has 0 aliphatic heterocycles. The van der Waals surface area contributed by atoms with Gasteiger partial charge in [0.05, 0.1) is 10.5 Å². The number of benzene rings is 2. The summed E-state index contributed by atoms with van der Waals surface area (Å²) in [6.45, 7) is 1.35. The number of ether oxygens (including phenoxy) is 1. The normalized spacial score (nSPS) is 13.9. The van der Waals surface area contributed by atoms with Gasteiger partial charge >= 0.3 is 6.18 Å². The summed E-state index contributed by atoms with van der Waals surface area (Å²) in [5.41, 5.74) is -1.82. The van der Waals surface area contributed by atoms with Gasteiger partial charge in [-0.3, -0.25) is 14.7 Å². The number of nitro benzene ring substituents is 1. The van der Waals surface area contributed by atoms with Crippen molar-refractivity contribution in [1.29, 1.82) is 0 Å². The van der Waals surface area contributed by atoms with Crippen molar-refractivity contribution < 1.29 is 36.7 Å². The highest BCUT2D eigenvalue weighted by Crippen LogP contribution is 2.43. The molecule has 2 rings (SSSR count). The summed E-state index contributed by atoms with van der Waals surface area (Å²) in [6, 6.07) is 4.45. The smallest absolute Gasteiger partial charge is 0.416 e. The summed E-state index contributed by atoms with van der Waals surface area (Å²) in [7, 11) is -4.05. The molecule has 2 aromatic carbocycles. The van der Waals surface area contributed by atoms with Gasteiger partial charge < -0.3 is 9.63 Å². The van der Waals surface area contributed by atoms with E-state index in [1.807, 2.05) is 0 Å². The molecule has 11 heteroatoms. The van der Waals surface area contributed by atoms with Crippen LogP contribution in [0.3, 0.4) is 0 Å². The Balaban J connectivity index is 2.44. The zero-order valence-corrected chi connectivity index (χ0v) is 14.1. The largest absolute Gasteiger partial charge is 0.454 e. The van der Waals surface area contributed by atoms with Crippen LogP contribution in [0.1, 0.15) is 12.5 Å². The molecule has 0 heterocycles. The lowest BCUT2D eigenvalue weighted by atomic mass is 10.2. The minimum absolute atomic E-state index is 0.230. The van der Waals surface area contributed by atoms with Crippen molar-refractivity contribution in [3.8, 4) is 11.5 Å². The Labute approximate surface area is 144 Å². The van der Waals surface area contributed by atoms with Crippen LogP contribution in [0, 0.1) is 15.9 Å². The SMILES string of the molecule is CCP(=O)(O)c1cc(Oc2ccc(C(F)(F)F)cc2F)ccc1[N+](=O)[O-]. The highest BCUT2D eigenvalue weighted by atomic mass is 31.2. The van der Waals surface area contributed by atoms with Crippen LogP contribution in [-0.4, -0.2) is 16.0 Å². The first kappa shape index (κ1) is 19.9. The highest BCUT2D eigenvalue weighted by molar-refractivity contribution is 7.66. The first-order valence-electron chi connectivity index (χ1n) is 7.11. The van der Waals surface area contributed by atoms with Crippen LogP contribution in [0.5, 0.6) is 11.5 Å². The molecule has 0 radical (unpaired) electrons. The van der Waals surface area contributed by atoms with Gasteiger partial charge in [0.25, 0.3) is 5.69 Å². The minimum atomic E-state index is -4.73. The number of nitro groups is 1. The van der Waals surface area contributed by atoms with Crippen LogP contribution in [-0.2, 0) is 10.7 Å². The molecular weight excluding hydrogens is 381 g/mol.